The molecule has 0 bridgehead atoms. The molecule has 0 atom stereocenters. The van der Waals surface area contributed by atoms with Crippen LogP contribution < -0.4 is 0 Å². The summed E-state index contributed by atoms with van der Waals surface area (Å²) in [4.78, 5) is 0. The Hall–Kier alpha value is -2.29. The Kier molecular flexibility index (Phi) is 2.11. The first kappa shape index (κ1) is 9.90. The number of fused-ring (bicyclic) bond motifs is 1. The Balaban J connectivity index is 2.18. The van der Waals surface area contributed by atoms with Crippen LogP contribution in [0.1, 0.15) is 0 Å². The van der Waals surface area contributed by atoms with Crippen LogP contribution in [0, 0.1) is 5.82 Å². The maximum absolute atomic E-state index is 13.0. The van der Waals surface area contributed by atoms with Gasteiger partial charge in [-0.15, -0.1) is 0 Å². The average Bonchev–Trinajstić information content (AvgIpc) is 2.72. The van der Waals surface area contributed by atoms with Crippen LogP contribution in [0.15, 0.2) is 52.9 Å². The second-order valence-corrected chi connectivity index (χ2v) is 3.84. The van der Waals surface area contributed by atoms with Gasteiger partial charge in [0.1, 0.15) is 22.9 Å². The Morgan fingerprint density at radius 1 is 1.00 bits per heavy atom. The van der Waals surface area contributed by atoms with E-state index < -0.39 is 0 Å². The molecule has 0 saturated heterocycles. The molecule has 84 valence electrons. The van der Waals surface area contributed by atoms with E-state index in [1.54, 1.807) is 30.3 Å². The summed E-state index contributed by atoms with van der Waals surface area (Å²) in [6.07, 6.45) is 0. The number of aromatic hydroxyl groups is 1. The lowest BCUT2D eigenvalue weighted by Crippen LogP contribution is -1.71. The molecule has 3 aromatic rings. The average molecular weight is 228 g/mol. The lowest BCUT2D eigenvalue weighted by Gasteiger charge is -1.96. The first-order valence-corrected chi connectivity index (χ1v) is 5.21. The van der Waals surface area contributed by atoms with Crippen molar-refractivity contribution >= 4 is 11.0 Å². The van der Waals surface area contributed by atoms with Gasteiger partial charge in [-0.3, -0.25) is 0 Å². The molecule has 2 aromatic carbocycles. The number of rotatable bonds is 1. The van der Waals surface area contributed by atoms with Gasteiger partial charge in [0.15, 0.2) is 0 Å². The van der Waals surface area contributed by atoms with E-state index in [9.17, 15) is 9.50 Å². The van der Waals surface area contributed by atoms with Crippen LogP contribution >= 0.6 is 0 Å². The first-order valence-electron chi connectivity index (χ1n) is 5.21. The third-order valence-corrected chi connectivity index (χ3v) is 2.61. The molecule has 0 unspecified atom stereocenters. The summed E-state index contributed by atoms with van der Waals surface area (Å²) in [6.45, 7) is 0. The van der Waals surface area contributed by atoms with Gasteiger partial charge in [-0.25, -0.2) is 4.39 Å². The number of phenols is 1. The Morgan fingerprint density at radius 2 is 1.88 bits per heavy atom. The van der Waals surface area contributed by atoms with E-state index in [0.717, 1.165) is 5.56 Å². The molecular weight excluding hydrogens is 219 g/mol. The molecule has 17 heavy (non-hydrogen) atoms. The maximum Gasteiger partial charge on any atom is 0.135 e. The topological polar surface area (TPSA) is 33.4 Å². The minimum atomic E-state index is -0.291. The number of hydrogen-bond donors (Lipinski definition) is 1. The minimum absolute atomic E-state index is 0.175. The van der Waals surface area contributed by atoms with Crippen LogP contribution in [0.5, 0.6) is 5.75 Å². The summed E-state index contributed by atoms with van der Waals surface area (Å²) < 4.78 is 18.6. The van der Waals surface area contributed by atoms with Crippen LogP contribution in [0.25, 0.3) is 22.3 Å². The normalized spacial score (nSPS) is 10.9. The fourth-order valence-electron chi connectivity index (χ4n) is 1.82. The zero-order valence-electron chi connectivity index (χ0n) is 8.85. The van der Waals surface area contributed by atoms with Crippen molar-refractivity contribution < 1.29 is 13.9 Å². The Morgan fingerprint density at radius 3 is 2.71 bits per heavy atom. The SMILES string of the molecule is Oc1cccc(-c2cc3cc(F)ccc3o2)c1. The quantitative estimate of drug-likeness (QED) is 0.684. The van der Waals surface area contributed by atoms with E-state index >= 15 is 0 Å². The predicted molar refractivity (Wildman–Crippen MR) is 63.3 cm³/mol. The number of hydrogen-bond acceptors (Lipinski definition) is 2. The van der Waals surface area contributed by atoms with Crippen molar-refractivity contribution in [3.8, 4) is 17.1 Å². The lowest BCUT2D eigenvalue weighted by atomic mass is 10.1. The van der Waals surface area contributed by atoms with Crippen molar-refractivity contribution in [3.63, 3.8) is 0 Å². The van der Waals surface area contributed by atoms with Crippen molar-refractivity contribution in [2.24, 2.45) is 0 Å². The fraction of sp³-hybridized carbons (Fsp3) is 0. The Bertz CT molecular complexity index is 686. The van der Waals surface area contributed by atoms with E-state index in [4.69, 9.17) is 4.42 Å². The highest BCUT2D eigenvalue weighted by molar-refractivity contribution is 5.83. The number of phenolic OH excluding ortho intramolecular Hbond substituents is 1. The smallest absolute Gasteiger partial charge is 0.135 e. The van der Waals surface area contributed by atoms with Gasteiger partial charge >= 0.3 is 0 Å². The van der Waals surface area contributed by atoms with E-state index in [1.807, 2.05) is 6.07 Å². The molecule has 1 heterocycles. The monoisotopic (exact) mass is 228 g/mol. The first-order chi connectivity index (χ1) is 8.22. The maximum atomic E-state index is 13.0. The zero-order chi connectivity index (χ0) is 11.8. The molecule has 1 N–H and O–H groups in total. The molecule has 0 aliphatic rings. The molecule has 2 nitrogen and oxygen atoms in total. The number of halogens is 1. The third kappa shape index (κ3) is 1.76. The van der Waals surface area contributed by atoms with Crippen molar-refractivity contribution in [2.45, 2.75) is 0 Å². The van der Waals surface area contributed by atoms with Gasteiger partial charge in [0.2, 0.25) is 0 Å². The van der Waals surface area contributed by atoms with Gasteiger partial charge in [-0.05, 0) is 36.4 Å². The number of furan rings is 1. The summed E-state index contributed by atoms with van der Waals surface area (Å²) in [5.41, 5.74) is 1.39. The van der Waals surface area contributed by atoms with Crippen LogP contribution in [0.4, 0.5) is 4.39 Å². The van der Waals surface area contributed by atoms with Crippen molar-refractivity contribution in [1.82, 2.24) is 0 Å². The lowest BCUT2D eigenvalue weighted by molar-refractivity contribution is 0.475. The van der Waals surface area contributed by atoms with E-state index in [1.165, 1.54) is 12.1 Å². The fourth-order valence-corrected chi connectivity index (χ4v) is 1.82. The van der Waals surface area contributed by atoms with Crippen molar-refractivity contribution in [3.05, 3.63) is 54.3 Å². The molecule has 3 heteroatoms. The standard InChI is InChI=1S/C14H9FO2/c15-11-4-5-13-10(6-11)8-14(17-13)9-2-1-3-12(16)7-9/h1-8,16H. The van der Waals surface area contributed by atoms with Gasteiger partial charge < -0.3 is 9.52 Å². The Labute approximate surface area is 96.9 Å². The van der Waals surface area contributed by atoms with Crippen molar-refractivity contribution in [2.75, 3.05) is 0 Å². The highest BCUT2D eigenvalue weighted by atomic mass is 19.1. The van der Waals surface area contributed by atoms with E-state index in [0.29, 0.717) is 16.7 Å². The highest BCUT2D eigenvalue weighted by Gasteiger charge is 2.07. The molecule has 0 aliphatic carbocycles. The molecule has 0 amide bonds. The van der Waals surface area contributed by atoms with Crippen LogP contribution in [0.2, 0.25) is 0 Å². The second-order valence-electron chi connectivity index (χ2n) is 3.84. The van der Waals surface area contributed by atoms with Gasteiger partial charge in [0.25, 0.3) is 0 Å². The third-order valence-electron chi connectivity index (χ3n) is 2.61. The molecule has 0 saturated carbocycles. The molecule has 0 radical (unpaired) electrons. The molecular formula is C14H9FO2. The molecule has 0 fully saturated rings. The summed E-state index contributed by atoms with van der Waals surface area (Å²) >= 11 is 0. The van der Waals surface area contributed by atoms with Gasteiger partial charge in [0, 0.05) is 10.9 Å². The molecule has 3 rings (SSSR count). The molecule has 0 aliphatic heterocycles. The highest BCUT2D eigenvalue weighted by Crippen LogP contribution is 2.29. The predicted octanol–water partition coefficient (Wildman–Crippen LogP) is 3.94. The molecule has 1 aromatic heterocycles. The summed E-state index contributed by atoms with van der Waals surface area (Å²) in [7, 11) is 0. The minimum Gasteiger partial charge on any atom is -0.508 e. The number of benzene rings is 2. The largest absolute Gasteiger partial charge is 0.508 e. The van der Waals surface area contributed by atoms with Gasteiger partial charge in [-0.2, -0.15) is 0 Å². The summed E-state index contributed by atoms with van der Waals surface area (Å²) in [5.74, 6) is 0.497. The van der Waals surface area contributed by atoms with Crippen LogP contribution in [-0.4, -0.2) is 5.11 Å². The van der Waals surface area contributed by atoms with E-state index in [-0.39, 0.29) is 11.6 Å². The van der Waals surface area contributed by atoms with Crippen LogP contribution in [0.3, 0.4) is 0 Å². The van der Waals surface area contributed by atoms with Gasteiger partial charge in [-0.1, -0.05) is 12.1 Å². The van der Waals surface area contributed by atoms with Gasteiger partial charge in [0.05, 0.1) is 0 Å². The summed E-state index contributed by atoms with van der Waals surface area (Å²) in [5, 5.41) is 10.1. The summed E-state index contributed by atoms with van der Waals surface area (Å²) in [6, 6.07) is 12.9. The molecule has 0 spiro atoms. The van der Waals surface area contributed by atoms with Crippen LogP contribution in [-0.2, 0) is 0 Å². The van der Waals surface area contributed by atoms with Crippen molar-refractivity contribution in [1.29, 1.82) is 0 Å². The zero-order valence-corrected chi connectivity index (χ0v) is 8.85. The second kappa shape index (κ2) is 3.63. The van der Waals surface area contributed by atoms with E-state index in [2.05, 4.69) is 0 Å².